The predicted molar refractivity (Wildman–Crippen MR) is 68.4 cm³/mol. The van der Waals surface area contributed by atoms with Crippen molar-refractivity contribution in [2.45, 2.75) is 13.3 Å². The summed E-state index contributed by atoms with van der Waals surface area (Å²) in [6.45, 7) is 1.85. The van der Waals surface area contributed by atoms with E-state index in [4.69, 9.17) is 0 Å². The van der Waals surface area contributed by atoms with Crippen LogP contribution < -0.4 is 0 Å². The number of carbonyl (C=O) groups is 2. The molecule has 0 atom stereocenters. The minimum Gasteiger partial charge on any atom is -0.466 e. The highest BCUT2D eigenvalue weighted by atomic mass is 16.6. The van der Waals surface area contributed by atoms with Crippen molar-refractivity contribution in [2.24, 2.45) is 0 Å². The molecule has 0 N–H and O–H groups in total. The van der Waals surface area contributed by atoms with Crippen LogP contribution in [0.25, 0.3) is 6.08 Å². The number of nitro benzene ring substituents is 1. The molecular formula is C13H13NO5. The maximum atomic E-state index is 11.4. The summed E-state index contributed by atoms with van der Waals surface area (Å²) in [4.78, 5) is 32.7. The molecule has 0 saturated heterocycles. The van der Waals surface area contributed by atoms with Crippen molar-refractivity contribution >= 4 is 23.5 Å². The van der Waals surface area contributed by atoms with E-state index in [1.54, 1.807) is 13.0 Å². The largest absolute Gasteiger partial charge is 0.466 e. The molecular weight excluding hydrogens is 250 g/mol. The molecule has 6 heteroatoms. The molecule has 0 unspecified atom stereocenters. The van der Waals surface area contributed by atoms with Crippen LogP contribution in [0.5, 0.6) is 0 Å². The van der Waals surface area contributed by atoms with E-state index in [1.807, 2.05) is 0 Å². The average Bonchev–Trinajstić information content (AvgIpc) is 2.36. The Morgan fingerprint density at radius 2 is 2.05 bits per heavy atom. The van der Waals surface area contributed by atoms with Crippen molar-refractivity contribution in [1.29, 1.82) is 0 Å². The van der Waals surface area contributed by atoms with Gasteiger partial charge in [-0.05, 0) is 25.1 Å². The third-order valence-electron chi connectivity index (χ3n) is 2.21. The topological polar surface area (TPSA) is 86.5 Å². The van der Waals surface area contributed by atoms with E-state index >= 15 is 0 Å². The number of ether oxygens (including phenoxy) is 1. The average molecular weight is 263 g/mol. The Hall–Kier alpha value is -2.50. The molecule has 0 saturated carbocycles. The van der Waals surface area contributed by atoms with Crippen LogP contribution in [0.3, 0.4) is 0 Å². The fourth-order valence-electron chi connectivity index (χ4n) is 1.39. The minimum absolute atomic E-state index is 0.0947. The predicted octanol–water partition coefficient (Wildman–Crippen LogP) is 2.13. The number of benzene rings is 1. The number of nitrogens with zero attached hydrogens (tertiary/aromatic N) is 1. The first-order valence-electron chi connectivity index (χ1n) is 5.64. The van der Waals surface area contributed by atoms with Crippen molar-refractivity contribution in [2.75, 3.05) is 6.61 Å². The zero-order valence-corrected chi connectivity index (χ0v) is 10.4. The first-order valence-corrected chi connectivity index (χ1v) is 5.64. The van der Waals surface area contributed by atoms with Gasteiger partial charge in [0.1, 0.15) is 6.42 Å². The van der Waals surface area contributed by atoms with Crippen molar-refractivity contribution in [3.05, 3.63) is 46.0 Å². The summed E-state index contributed by atoms with van der Waals surface area (Å²) in [6.07, 6.45) is 2.09. The fourth-order valence-corrected chi connectivity index (χ4v) is 1.39. The van der Waals surface area contributed by atoms with Crippen LogP contribution in [0, 0.1) is 10.1 Å². The summed E-state index contributed by atoms with van der Waals surface area (Å²) in [6, 6.07) is 6.03. The van der Waals surface area contributed by atoms with E-state index in [1.165, 1.54) is 24.3 Å². The summed E-state index contributed by atoms with van der Waals surface area (Å²) < 4.78 is 4.62. The summed E-state index contributed by atoms with van der Waals surface area (Å²) in [5.74, 6) is -1.07. The third-order valence-corrected chi connectivity index (χ3v) is 2.21. The number of rotatable bonds is 6. The van der Waals surface area contributed by atoms with E-state index in [0.717, 1.165) is 6.08 Å². The molecule has 1 aromatic carbocycles. The fraction of sp³-hybridized carbons (Fsp3) is 0.231. The Labute approximate surface area is 109 Å². The van der Waals surface area contributed by atoms with Gasteiger partial charge in [0.05, 0.1) is 17.1 Å². The number of para-hydroxylation sites is 1. The molecule has 0 aromatic heterocycles. The number of hydrogen-bond acceptors (Lipinski definition) is 5. The van der Waals surface area contributed by atoms with Crippen LogP contribution in [0.15, 0.2) is 30.3 Å². The van der Waals surface area contributed by atoms with E-state index in [-0.39, 0.29) is 18.7 Å². The number of hydrogen-bond donors (Lipinski definition) is 0. The second-order valence-electron chi connectivity index (χ2n) is 3.60. The zero-order chi connectivity index (χ0) is 14.3. The molecule has 0 aliphatic rings. The molecule has 0 fully saturated rings. The SMILES string of the molecule is CCOC(=O)CC(=O)/C=C\c1ccccc1[N+](=O)[O-]. The molecule has 0 aliphatic carbocycles. The van der Waals surface area contributed by atoms with Gasteiger partial charge in [0.2, 0.25) is 0 Å². The van der Waals surface area contributed by atoms with Gasteiger partial charge < -0.3 is 4.74 Å². The Bertz CT molecular complexity index is 522. The van der Waals surface area contributed by atoms with Crippen LogP contribution in [-0.2, 0) is 14.3 Å². The quantitative estimate of drug-likeness (QED) is 0.258. The van der Waals surface area contributed by atoms with Gasteiger partial charge in [-0.3, -0.25) is 19.7 Å². The third kappa shape index (κ3) is 4.71. The molecule has 6 nitrogen and oxygen atoms in total. The van der Waals surface area contributed by atoms with Crippen LogP contribution in [-0.4, -0.2) is 23.3 Å². The Morgan fingerprint density at radius 1 is 1.37 bits per heavy atom. The van der Waals surface area contributed by atoms with Crippen LogP contribution in [0.2, 0.25) is 0 Å². The molecule has 1 rings (SSSR count). The van der Waals surface area contributed by atoms with Gasteiger partial charge in [0.25, 0.3) is 5.69 Å². The molecule has 0 spiro atoms. The molecule has 0 bridgehead atoms. The zero-order valence-electron chi connectivity index (χ0n) is 10.4. The lowest BCUT2D eigenvalue weighted by Gasteiger charge is -1.98. The highest BCUT2D eigenvalue weighted by molar-refractivity contribution is 6.04. The summed E-state index contributed by atoms with van der Waals surface area (Å²) in [5, 5.41) is 10.7. The number of esters is 1. The van der Waals surface area contributed by atoms with E-state index in [0.29, 0.717) is 5.56 Å². The van der Waals surface area contributed by atoms with Gasteiger partial charge in [-0.25, -0.2) is 0 Å². The van der Waals surface area contributed by atoms with Crippen molar-refractivity contribution in [3.63, 3.8) is 0 Å². The first-order chi connectivity index (χ1) is 9.04. The molecule has 19 heavy (non-hydrogen) atoms. The van der Waals surface area contributed by atoms with Gasteiger partial charge in [0.15, 0.2) is 5.78 Å². The molecule has 0 aliphatic heterocycles. The first kappa shape index (κ1) is 14.6. The normalized spacial score (nSPS) is 10.4. The maximum absolute atomic E-state index is 11.4. The highest BCUT2D eigenvalue weighted by Gasteiger charge is 2.11. The van der Waals surface area contributed by atoms with E-state index in [9.17, 15) is 19.7 Å². The molecule has 0 amide bonds. The lowest BCUT2D eigenvalue weighted by atomic mass is 10.1. The molecule has 0 radical (unpaired) electrons. The van der Waals surface area contributed by atoms with Crippen LogP contribution in [0.1, 0.15) is 18.9 Å². The van der Waals surface area contributed by atoms with Gasteiger partial charge in [-0.1, -0.05) is 12.1 Å². The number of allylic oxidation sites excluding steroid dienone is 1. The van der Waals surface area contributed by atoms with Crippen molar-refractivity contribution < 1.29 is 19.2 Å². The summed E-state index contributed by atoms with van der Waals surface area (Å²) in [7, 11) is 0. The van der Waals surface area contributed by atoms with E-state index < -0.39 is 16.7 Å². The lowest BCUT2D eigenvalue weighted by molar-refractivity contribution is -0.385. The lowest BCUT2D eigenvalue weighted by Crippen LogP contribution is -2.09. The molecule has 100 valence electrons. The monoisotopic (exact) mass is 263 g/mol. The van der Waals surface area contributed by atoms with Crippen LogP contribution >= 0.6 is 0 Å². The summed E-state index contributed by atoms with van der Waals surface area (Å²) in [5.41, 5.74) is 0.215. The minimum atomic E-state index is -0.611. The number of carbonyl (C=O) groups excluding carboxylic acids is 2. The second kappa shape index (κ2) is 7.05. The van der Waals surface area contributed by atoms with Gasteiger partial charge in [-0.15, -0.1) is 0 Å². The Balaban J connectivity index is 2.74. The van der Waals surface area contributed by atoms with Gasteiger partial charge in [-0.2, -0.15) is 0 Å². The molecule has 1 aromatic rings. The van der Waals surface area contributed by atoms with Gasteiger partial charge in [0, 0.05) is 6.07 Å². The number of ketones is 1. The smallest absolute Gasteiger partial charge is 0.313 e. The number of nitro groups is 1. The highest BCUT2D eigenvalue weighted by Crippen LogP contribution is 2.18. The maximum Gasteiger partial charge on any atom is 0.313 e. The molecule has 0 heterocycles. The second-order valence-corrected chi connectivity index (χ2v) is 3.60. The summed E-state index contributed by atoms with van der Waals surface area (Å²) >= 11 is 0. The van der Waals surface area contributed by atoms with Crippen molar-refractivity contribution in [1.82, 2.24) is 0 Å². The Kier molecular flexibility index (Phi) is 5.40. The van der Waals surface area contributed by atoms with Crippen LogP contribution in [0.4, 0.5) is 5.69 Å². The van der Waals surface area contributed by atoms with Crippen molar-refractivity contribution in [3.8, 4) is 0 Å². The Morgan fingerprint density at radius 3 is 2.68 bits per heavy atom. The van der Waals surface area contributed by atoms with E-state index in [2.05, 4.69) is 4.74 Å². The standard InChI is InChI=1S/C13H13NO5/c1-2-19-13(16)9-11(15)8-7-10-5-3-4-6-12(10)14(17)18/h3-8H,2,9H2,1H3/b8-7-. The van der Waals surface area contributed by atoms with Gasteiger partial charge >= 0.3 is 5.97 Å².